The number of rotatable bonds is 6. The molecule has 0 saturated heterocycles. The summed E-state index contributed by atoms with van der Waals surface area (Å²) in [7, 11) is -2.66. The largest absolute Gasteiger partial charge is 0.494 e. The van der Waals surface area contributed by atoms with E-state index in [4.69, 9.17) is 4.74 Å². The van der Waals surface area contributed by atoms with Crippen LogP contribution < -0.4 is 9.46 Å². The average Bonchev–Trinajstić information content (AvgIpc) is 3.02. The second-order valence-electron chi connectivity index (χ2n) is 5.10. The lowest BCUT2D eigenvalue weighted by molar-refractivity contribution is 0.385. The molecule has 0 aliphatic carbocycles. The van der Waals surface area contributed by atoms with Crippen LogP contribution >= 0.6 is 0 Å². The van der Waals surface area contributed by atoms with Gasteiger partial charge in [-0.1, -0.05) is 6.07 Å². The minimum Gasteiger partial charge on any atom is -0.494 e. The molecule has 25 heavy (non-hydrogen) atoms. The Bertz CT molecular complexity index is 974. The highest BCUT2D eigenvalue weighted by Gasteiger charge is 2.19. The number of hydrogen-bond donors (Lipinski definition) is 1. The van der Waals surface area contributed by atoms with Crippen LogP contribution in [0.1, 0.15) is 5.69 Å². The molecule has 0 aliphatic heterocycles. The summed E-state index contributed by atoms with van der Waals surface area (Å²) in [6, 6.07) is 10.3. The first kappa shape index (κ1) is 16.9. The molecule has 0 saturated carbocycles. The SMILES string of the molecule is COc1cc(S(=O)(=O)Nc2ccnn2Cc2ccccn2)ccc1F. The predicted octanol–water partition coefficient (Wildman–Crippen LogP) is 2.27. The summed E-state index contributed by atoms with van der Waals surface area (Å²) in [4.78, 5) is 4.07. The molecule has 7 nitrogen and oxygen atoms in total. The van der Waals surface area contributed by atoms with Gasteiger partial charge in [-0.15, -0.1) is 0 Å². The van der Waals surface area contributed by atoms with E-state index < -0.39 is 15.8 Å². The molecule has 3 aromatic rings. The Balaban J connectivity index is 1.86. The number of methoxy groups -OCH3 is 1. The van der Waals surface area contributed by atoms with Gasteiger partial charge in [0.05, 0.1) is 30.4 Å². The lowest BCUT2D eigenvalue weighted by Gasteiger charge is -2.11. The maximum atomic E-state index is 13.5. The van der Waals surface area contributed by atoms with Crippen molar-refractivity contribution >= 4 is 15.8 Å². The number of halogens is 1. The van der Waals surface area contributed by atoms with Gasteiger partial charge in [0.2, 0.25) is 0 Å². The van der Waals surface area contributed by atoms with Gasteiger partial charge < -0.3 is 4.74 Å². The minimum atomic E-state index is -3.93. The number of nitrogens with zero attached hydrogens (tertiary/aromatic N) is 3. The Morgan fingerprint density at radius 1 is 1.20 bits per heavy atom. The maximum absolute atomic E-state index is 13.5. The van der Waals surface area contributed by atoms with E-state index in [1.165, 1.54) is 30.1 Å². The van der Waals surface area contributed by atoms with Crippen molar-refractivity contribution in [1.82, 2.24) is 14.8 Å². The van der Waals surface area contributed by atoms with Crippen LogP contribution in [0.5, 0.6) is 5.75 Å². The van der Waals surface area contributed by atoms with Crippen molar-refractivity contribution in [3.63, 3.8) is 0 Å². The number of benzene rings is 1. The van der Waals surface area contributed by atoms with Crippen LogP contribution in [0, 0.1) is 5.82 Å². The first-order valence-electron chi connectivity index (χ1n) is 7.28. The highest BCUT2D eigenvalue weighted by atomic mass is 32.2. The van der Waals surface area contributed by atoms with Gasteiger partial charge in [0.25, 0.3) is 10.0 Å². The number of hydrogen-bond acceptors (Lipinski definition) is 5. The fourth-order valence-corrected chi connectivity index (χ4v) is 3.27. The van der Waals surface area contributed by atoms with Crippen LogP contribution in [0.15, 0.2) is 59.8 Å². The Morgan fingerprint density at radius 2 is 2.04 bits per heavy atom. The summed E-state index contributed by atoms with van der Waals surface area (Å²) in [5, 5.41) is 4.10. The van der Waals surface area contributed by atoms with Gasteiger partial charge in [-0.25, -0.2) is 17.5 Å². The monoisotopic (exact) mass is 362 g/mol. The number of nitrogens with one attached hydrogen (secondary N) is 1. The molecule has 0 radical (unpaired) electrons. The average molecular weight is 362 g/mol. The van der Waals surface area contributed by atoms with Crippen LogP contribution in [-0.4, -0.2) is 30.3 Å². The molecule has 1 N–H and O–H groups in total. The zero-order valence-electron chi connectivity index (χ0n) is 13.3. The van der Waals surface area contributed by atoms with Crippen molar-refractivity contribution in [1.29, 1.82) is 0 Å². The molecular weight excluding hydrogens is 347 g/mol. The van der Waals surface area contributed by atoms with Gasteiger partial charge in [-0.2, -0.15) is 5.10 Å². The van der Waals surface area contributed by atoms with E-state index >= 15 is 0 Å². The Hall–Kier alpha value is -2.94. The fourth-order valence-electron chi connectivity index (χ4n) is 2.19. The number of anilines is 1. The summed E-state index contributed by atoms with van der Waals surface area (Å²) in [5.41, 5.74) is 0.732. The van der Waals surface area contributed by atoms with Gasteiger partial charge in [0.1, 0.15) is 5.82 Å². The van der Waals surface area contributed by atoms with Gasteiger partial charge >= 0.3 is 0 Å². The van der Waals surface area contributed by atoms with Crippen LogP contribution in [0.2, 0.25) is 0 Å². The molecule has 2 heterocycles. The summed E-state index contributed by atoms with van der Waals surface area (Å²) >= 11 is 0. The normalized spacial score (nSPS) is 11.3. The first-order valence-corrected chi connectivity index (χ1v) is 8.76. The number of sulfonamides is 1. The second-order valence-corrected chi connectivity index (χ2v) is 6.78. The summed E-state index contributed by atoms with van der Waals surface area (Å²) < 4.78 is 47.3. The molecule has 0 fully saturated rings. The Kier molecular flexibility index (Phi) is 4.66. The van der Waals surface area contributed by atoms with Crippen LogP contribution in [0.3, 0.4) is 0 Å². The molecule has 0 aliphatic rings. The molecule has 1 aromatic carbocycles. The van der Waals surface area contributed by atoms with E-state index in [0.29, 0.717) is 6.54 Å². The number of aromatic nitrogens is 3. The minimum absolute atomic E-state index is 0.115. The highest BCUT2D eigenvalue weighted by molar-refractivity contribution is 7.92. The standard InChI is InChI=1S/C16H15FN4O3S/c1-24-15-10-13(5-6-14(15)17)25(22,23)20-16-7-9-19-21(16)11-12-4-2-3-8-18-12/h2-10,20H,11H2,1H3. The number of ether oxygens (including phenoxy) is 1. The van der Waals surface area contributed by atoms with E-state index in [1.807, 2.05) is 12.1 Å². The van der Waals surface area contributed by atoms with E-state index in [2.05, 4.69) is 14.8 Å². The topological polar surface area (TPSA) is 86.1 Å². The van der Waals surface area contributed by atoms with Crippen molar-refractivity contribution in [3.05, 3.63) is 66.4 Å². The van der Waals surface area contributed by atoms with Gasteiger partial charge in [-0.3, -0.25) is 9.71 Å². The summed E-state index contributed by atoms with van der Waals surface area (Å²) in [6.07, 6.45) is 3.12. The van der Waals surface area contributed by atoms with E-state index in [1.54, 1.807) is 12.3 Å². The van der Waals surface area contributed by atoms with Crippen molar-refractivity contribution in [2.24, 2.45) is 0 Å². The Labute approximate surface area is 144 Å². The molecule has 0 bridgehead atoms. The van der Waals surface area contributed by atoms with E-state index in [9.17, 15) is 12.8 Å². The highest BCUT2D eigenvalue weighted by Crippen LogP contribution is 2.23. The third-order valence-corrected chi connectivity index (χ3v) is 4.78. The lowest BCUT2D eigenvalue weighted by Crippen LogP contribution is -2.17. The van der Waals surface area contributed by atoms with E-state index in [0.717, 1.165) is 17.8 Å². The van der Waals surface area contributed by atoms with Crippen molar-refractivity contribution in [2.75, 3.05) is 11.8 Å². The summed E-state index contributed by atoms with van der Waals surface area (Å²) in [6.45, 7) is 0.304. The van der Waals surface area contributed by atoms with Gasteiger partial charge in [0.15, 0.2) is 11.6 Å². The number of pyridine rings is 1. The second kappa shape index (κ2) is 6.89. The molecule has 2 aromatic heterocycles. The molecule has 0 atom stereocenters. The quantitative estimate of drug-likeness (QED) is 0.727. The third kappa shape index (κ3) is 3.77. The molecule has 0 amide bonds. The lowest BCUT2D eigenvalue weighted by atomic mass is 10.3. The first-order chi connectivity index (χ1) is 12.0. The smallest absolute Gasteiger partial charge is 0.263 e. The molecule has 3 rings (SSSR count). The van der Waals surface area contributed by atoms with Gasteiger partial charge in [-0.05, 0) is 24.3 Å². The zero-order valence-corrected chi connectivity index (χ0v) is 14.1. The van der Waals surface area contributed by atoms with Crippen molar-refractivity contribution in [2.45, 2.75) is 11.4 Å². The molecule has 9 heteroatoms. The third-order valence-electron chi connectivity index (χ3n) is 3.43. The molecule has 130 valence electrons. The van der Waals surface area contributed by atoms with E-state index in [-0.39, 0.29) is 16.5 Å². The molecular formula is C16H15FN4O3S. The van der Waals surface area contributed by atoms with Crippen LogP contribution in [0.25, 0.3) is 0 Å². The van der Waals surface area contributed by atoms with Crippen molar-refractivity contribution in [3.8, 4) is 5.75 Å². The zero-order chi connectivity index (χ0) is 17.9. The van der Waals surface area contributed by atoms with Gasteiger partial charge in [0, 0.05) is 18.3 Å². The van der Waals surface area contributed by atoms with Crippen LogP contribution in [-0.2, 0) is 16.6 Å². The summed E-state index contributed by atoms with van der Waals surface area (Å²) in [5.74, 6) is -0.513. The molecule has 0 spiro atoms. The van der Waals surface area contributed by atoms with Crippen molar-refractivity contribution < 1.29 is 17.5 Å². The maximum Gasteiger partial charge on any atom is 0.263 e. The Morgan fingerprint density at radius 3 is 2.76 bits per heavy atom. The predicted molar refractivity (Wildman–Crippen MR) is 89.3 cm³/mol. The fraction of sp³-hybridized carbons (Fsp3) is 0.125. The molecule has 0 unspecified atom stereocenters. The van der Waals surface area contributed by atoms with Crippen LogP contribution in [0.4, 0.5) is 10.2 Å².